The van der Waals surface area contributed by atoms with Crippen LogP contribution in [0.2, 0.25) is 10.2 Å². The quantitative estimate of drug-likeness (QED) is 0.588. The molecule has 0 aliphatic carbocycles. The van der Waals surface area contributed by atoms with Crippen molar-refractivity contribution >= 4 is 34.1 Å². The van der Waals surface area contributed by atoms with E-state index in [1.807, 2.05) is 19.1 Å². The lowest BCUT2D eigenvalue weighted by molar-refractivity contribution is 0.629. The highest BCUT2D eigenvalue weighted by Crippen LogP contribution is 2.29. The molecule has 0 N–H and O–H groups in total. The van der Waals surface area contributed by atoms with Crippen molar-refractivity contribution in [2.24, 2.45) is 0 Å². The monoisotopic (exact) mass is 306 g/mol. The maximum Gasteiger partial charge on any atom is 0.161 e. The number of rotatable bonds is 1. The number of benzene rings is 2. The molecule has 5 heteroatoms. The molecule has 20 heavy (non-hydrogen) atoms. The van der Waals surface area contributed by atoms with Gasteiger partial charge < -0.3 is 0 Å². The highest BCUT2D eigenvalue weighted by molar-refractivity contribution is 6.34. The van der Waals surface area contributed by atoms with E-state index in [1.165, 1.54) is 12.1 Å². The van der Waals surface area contributed by atoms with E-state index >= 15 is 0 Å². The Labute approximate surface area is 125 Å². The van der Waals surface area contributed by atoms with Crippen LogP contribution in [0.25, 0.3) is 22.3 Å². The number of hydrogen-bond acceptors (Lipinski definition) is 2. The zero-order chi connectivity index (χ0) is 14.3. The second-order valence-corrected chi connectivity index (χ2v) is 5.18. The van der Waals surface area contributed by atoms with Gasteiger partial charge >= 0.3 is 0 Å². The van der Waals surface area contributed by atoms with Gasteiger partial charge in [0.05, 0.1) is 5.52 Å². The number of halogens is 3. The first-order chi connectivity index (χ1) is 9.56. The first-order valence-electron chi connectivity index (χ1n) is 5.94. The van der Waals surface area contributed by atoms with Gasteiger partial charge in [-0.15, -0.1) is 0 Å². The van der Waals surface area contributed by atoms with Gasteiger partial charge in [0.2, 0.25) is 0 Å². The fourth-order valence-electron chi connectivity index (χ4n) is 2.03. The van der Waals surface area contributed by atoms with E-state index in [4.69, 9.17) is 23.2 Å². The minimum Gasteiger partial charge on any atom is -0.228 e. The summed E-state index contributed by atoms with van der Waals surface area (Å²) in [4.78, 5) is 8.65. The Morgan fingerprint density at radius 2 is 1.85 bits per heavy atom. The molecule has 0 saturated heterocycles. The highest BCUT2D eigenvalue weighted by atomic mass is 35.5. The van der Waals surface area contributed by atoms with Gasteiger partial charge in [0.15, 0.2) is 5.82 Å². The van der Waals surface area contributed by atoms with Crippen molar-refractivity contribution in [3.63, 3.8) is 0 Å². The zero-order valence-electron chi connectivity index (χ0n) is 10.5. The molecule has 0 amide bonds. The topological polar surface area (TPSA) is 25.8 Å². The average Bonchev–Trinajstić information content (AvgIpc) is 2.41. The van der Waals surface area contributed by atoms with Crippen LogP contribution in [0, 0.1) is 12.7 Å². The maximum atomic E-state index is 13.3. The Hall–Kier alpha value is -1.71. The van der Waals surface area contributed by atoms with Crippen molar-refractivity contribution in [1.82, 2.24) is 9.97 Å². The molecular weight excluding hydrogens is 298 g/mol. The molecule has 100 valence electrons. The third kappa shape index (κ3) is 2.23. The van der Waals surface area contributed by atoms with Gasteiger partial charge in [-0.2, -0.15) is 0 Å². The number of aromatic nitrogens is 2. The van der Waals surface area contributed by atoms with E-state index in [-0.39, 0.29) is 5.82 Å². The van der Waals surface area contributed by atoms with Crippen molar-refractivity contribution in [2.75, 3.05) is 0 Å². The molecule has 0 saturated carbocycles. The average molecular weight is 307 g/mol. The predicted molar refractivity (Wildman–Crippen MR) is 79.7 cm³/mol. The molecule has 3 rings (SSSR count). The van der Waals surface area contributed by atoms with E-state index < -0.39 is 0 Å². The molecule has 0 bridgehead atoms. The summed E-state index contributed by atoms with van der Waals surface area (Å²) in [6, 6.07) is 9.72. The molecule has 0 fully saturated rings. The molecule has 3 aromatic rings. The summed E-state index contributed by atoms with van der Waals surface area (Å²) in [7, 11) is 0. The van der Waals surface area contributed by atoms with Crippen molar-refractivity contribution < 1.29 is 4.39 Å². The highest BCUT2D eigenvalue weighted by Gasteiger charge is 2.11. The van der Waals surface area contributed by atoms with Crippen LogP contribution < -0.4 is 0 Å². The first kappa shape index (κ1) is 13.3. The van der Waals surface area contributed by atoms with Crippen molar-refractivity contribution in [3.05, 3.63) is 58.0 Å². The van der Waals surface area contributed by atoms with Crippen LogP contribution >= 0.6 is 23.2 Å². The van der Waals surface area contributed by atoms with E-state index in [0.717, 1.165) is 11.1 Å². The van der Waals surface area contributed by atoms with Gasteiger partial charge in [0.1, 0.15) is 11.0 Å². The summed E-state index contributed by atoms with van der Waals surface area (Å²) in [6.07, 6.45) is 0. The van der Waals surface area contributed by atoms with Gasteiger partial charge in [-0.3, -0.25) is 0 Å². The zero-order valence-corrected chi connectivity index (χ0v) is 12.0. The van der Waals surface area contributed by atoms with Crippen LogP contribution in [-0.2, 0) is 0 Å². The number of fused-ring (bicyclic) bond motifs is 1. The molecule has 0 spiro atoms. The van der Waals surface area contributed by atoms with Crippen molar-refractivity contribution in [2.45, 2.75) is 6.92 Å². The Bertz CT molecular complexity index is 818. The van der Waals surface area contributed by atoms with Crippen molar-refractivity contribution in [3.8, 4) is 11.4 Å². The molecule has 0 radical (unpaired) electrons. The van der Waals surface area contributed by atoms with Crippen LogP contribution in [0.1, 0.15) is 5.56 Å². The Balaban J connectivity index is 2.29. The first-order valence-corrected chi connectivity index (χ1v) is 6.70. The molecule has 1 aromatic heterocycles. The molecular formula is C15H9Cl2FN2. The van der Waals surface area contributed by atoms with Gasteiger partial charge in [-0.05, 0) is 30.7 Å². The maximum absolute atomic E-state index is 13.3. The largest absolute Gasteiger partial charge is 0.228 e. The number of hydrogen-bond donors (Lipinski definition) is 0. The standard InChI is InChI=1S/C15H9Cl2FN2/c1-8-10(3-2-4-12(8)16)15-19-13-7-9(18)5-6-11(13)14(17)20-15/h2-7H,1H3. The second kappa shape index (κ2) is 5.00. The van der Waals surface area contributed by atoms with Crippen molar-refractivity contribution in [1.29, 1.82) is 0 Å². The summed E-state index contributed by atoms with van der Waals surface area (Å²) in [5.41, 5.74) is 2.12. The third-order valence-electron chi connectivity index (χ3n) is 3.12. The van der Waals surface area contributed by atoms with Crippen LogP contribution in [0.4, 0.5) is 4.39 Å². The third-order valence-corrected chi connectivity index (χ3v) is 3.82. The fourth-order valence-corrected chi connectivity index (χ4v) is 2.45. The lowest BCUT2D eigenvalue weighted by Gasteiger charge is -2.08. The SMILES string of the molecule is Cc1c(Cl)cccc1-c1nc(Cl)c2ccc(F)cc2n1. The van der Waals surface area contributed by atoms with Gasteiger partial charge in [0, 0.05) is 22.0 Å². The van der Waals surface area contributed by atoms with Gasteiger partial charge in [0.25, 0.3) is 0 Å². The molecule has 0 aliphatic heterocycles. The summed E-state index contributed by atoms with van der Waals surface area (Å²) in [6.45, 7) is 1.88. The molecule has 1 heterocycles. The summed E-state index contributed by atoms with van der Waals surface area (Å²) in [5, 5.41) is 1.54. The Morgan fingerprint density at radius 1 is 1.05 bits per heavy atom. The Morgan fingerprint density at radius 3 is 2.65 bits per heavy atom. The predicted octanol–water partition coefficient (Wildman–Crippen LogP) is 5.05. The fraction of sp³-hybridized carbons (Fsp3) is 0.0667. The summed E-state index contributed by atoms with van der Waals surface area (Å²) < 4.78 is 13.3. The molecule has 2 nitrogen and oxygen atoms in total. The minimum atomic E-state index is -0.360. The minimum absolute atomic E-state index is 0.296. The number of nitrogens with zero attached hydrogens (tertiary/aromatic N) is 2. The van der Waals surface area contributed by atoms with E-state index in [9.17, 15) is 4.39 Å². The van der Waals surface area contributed by atoms with Crippen LogP contribution in [0.5, 0.6) is 0 Å². The van der Waals surface area contributed by atoms with E-state index in [2.05, 4.69) is 9.97 Å². The lowest BCUT2D eigenvalue weighted by atomic mass is 10.1. The van der Waals surface area contributed by atoms with Gasteiger partial charge in [-0.25, -0.2) is 14.4 Å². The molecule has 2 aromatic carbocycles. The smallest absolute Gasteiger partial charge is 0.161 e. The molecule has 0 aliphatic rings. The lowest BCUT2D eigenvalue weighted by Crippen LogP contribution is -1.94. The van der Waals surface area contributed by atoms with Gasteiger partial charge in [-0.1, -0.05) is 35.3 Å². The summed E-state index contributed by atoms with van der Waals surface area (Å²) >= 11 is 12.2. The molecule has 0 atom stereocenters. The van der Waals surface area contributed by atoms with Crippen LogP contribution in [0.15, 0.2) is 36.4 Å². The van der Waals surface area contributed by atoms with E-state index in [1.54, 1.807) is 12.1 Å². The summed E-state index contributed by atoms with van der Waals surface area (Å²) in [5.74, 6) is 0.0779. The van der Waals surface area contributed by atoms with E-state index in [0.29, 0.717) is 26.9 Å². The Kier molecular flexibility index (Phi) is 3.32. The van der Waals surface area contributed by atoms with Crippen LogP contribution in [0.3, 0.4) is 0 Å². The second-order valence-electron chi connectivity index (χ2n) is 4.41. The normalized spacial score (nSPS) is 11.0. The molecule has 0 unspecified atom stereocenters. The van der Waals surface area contributed by atoms with Crippen LogP contribution in [-0.4, -0.2) is 9.97 Å².